The van der Waals surface area contributed by atoms with Crippen molar-refractivity contribution in [3.8, 4) is 5.82 Å². The Hall–Kier alpha value is -6.13. The van der Waals surface area contributed by atoms with Crippen molar-refractivity contribution in [1.82, 2.24) is 9.55 Å². The number of rotatable bonds is 7. The summed E-state index contributed by atoms with van der Waals surface area (Å²) < 4.78 is 2.40. The van der Waals surface area contributed by atoms with E-state index in [1.165, 1.54) is 83.5 Å². The molecule has 9 rings (SSSR count). The second-order valence-electron chi connectivity index (χ2n) is 22.4. The van der Waals surface area contributed by atoms with E-state index in [0.29, 0.717) is 0 Å². The molecule has 0 radical (unpaired) electrons. The summed E-state index contributed by atoms with van der Waals surface area (Å²) in [5.74, 6) is 0.932. The maximum atomic E-state index is 5.10. The fourth-order valence-electron chi connectivity index (χ4n) is 9.59. The van der Waals surface area contributed by atoms with Crippen molar-refractivity contribution in [3.05, 3.63) is 191 Å². The number of pyridine rings is 1. The zero-order valence-electron chi connectivity index (χ0n) is 40.4. The first-order valence-electron chi connectivity index (χ1n) is 23.1. The molecule has 326 valence electrons. The average molecular weight is 843 g/mol. The van der Waals surface area contributed by atoms with Crippen LogP contribution in [0.2, 0.25) is 0 Å². The second kappa shape index (κ2) is 15.3. The van der Waals surface area contributed by atoms with Crippen molar-refractivity contribution in [1.29, 1.82) is 0 Å². The minimum absolute atomic E-state index is 0.0200. The van der Waals surface area contributed by atoms with E-state index in [1.54, 1.807) is 0 Å². The highest BCUT2D eigenvalue weighted by Gasteiger charge is 2.32. The number of aromatic nitrogens is 2. The molecule has 64 heavy (non-hydrogen) atoms. The predicted molar refractivity (Wildman–Crippen MR) is 274 cm³/mol. The van der Waals surface area contributed by atoms with Gasteiger partial charge in [0.05, 0.1) is 22.4 Å². The molecular weight excluding hydrogens is 777 g/mol. The maximum absolute atomic E-state index is 5.10. The first-order valence-corrected chi connectivity index (χ1v) is 23.1. The number of hydrogen-bond acceptors (Lipinski definition) is 3. The zero-order valence-corrected chi connectivity index (χ0v) is 40.4. The van der Waals surface area contributed by atoms with Gasteiger partial charge in [0.1, 0.15) is 12.5 Å². The topological polar surface area (TPSA) is 24.3 Å². The third kappa shape index (κ3) is 7.59. The molecule has 8 aromatic rings. The molecule has 4 nitrogen and oxygen atoms in total. The normalized spacial score (nSPS) is 13.9. The highest BCUT2D eigenvalue weighted by atomic mass is 15.4. The SMILES string of the molecule is CC(C)(C)c1cc(N2CN(c3cccc(C(C)(C)c4ccc5c6cc(C(C)(C)C)ccc6n(-c6cc(C(C)(C)c7ccccc7)ccn6)c5c4)c3)c3ccccc32)cc(C(C)(C)C)c1. The van der Waals surface area contributed by atoms with Crippen molar-refractivity contribution < 1.29 is 0 Å². The van der Waals surface area contributed by atoms with Crippen LogP contribution < -0.4 is 9.80 Å². The lowest BCUT2D eigenvalue weighted by Crippen LogP contribution is -2.26. The van der Waals surface area contributed by atoms with Gasteiger partial charge in [0.15, 0.2) is 0 Å². The van der Waals surface area contributed by atoms with E-state index in [4.69, 9.17) is 4.98 Å². The van der Waals surface area contributed by atoms with Gasteiger partial charge in [0, 0.05) is 39.2 Å². The van der Waals surface area contributed by atoms with Gasteiger partial charge in [-0.1, -0.05) is 169 Å². The van der Waals surface area contributed by atoms with Gasteiger partial charge in [-0.05, 0) is 122 Å². The Morgan fingerprint density at radius 1 is 0.375 bits per heavy atom. The molecule has 1 aliphatic heterocycles. The fraction of sp³-hybridized carbons (Fsp3) is 0.317. The van der Waals surface area contributed by atoms with E-state index < -0.39 is 0 Å². The monoisotopic (exact) mass is 843 g/mol. The summed E-state index contributed by atoms with van der Waals surface area (Å²) in [6.45, 7) is 30.9. The molecule has 0 unspecified atom stereocenters. The van der Waals surface area contributed by atoms with Gasteiger partial charge in [-0.3, -0.25) is 4.57 Å². The van der Waals surface area contributed by atoms with Crippen LogP contribution >= 0.6 is 0 Å². The minimum Gasteiger partial charge on any atom is -0.321 e. The lowest BCUT2D eigenvalue weighted by Gasteiger charge is -2.30. The molecule has 1 aliphatic rings. The van der Waals surface area contributed by atoms with E-state index in [1.807, 2.05) is 6.20 Å². The van der Waals surface area contributed by atoms with Crippen molar-refractivity contribution in [2.45, 2.75) is 117 Å². The Kier molecular flexibility index (Phi) is 10.3. The number of para-hydroxylation sites is 2. The van der Waals surface area contributed by atoms with Gasteiger partial charge in [-0.15, -0.1) is 0 Å². The quantitative estimate of drug-likeness (QED) is 0.160. The summed E-state index contributed by atoms with van der Waals surface area (Å²) in [6.07, 6.45) is 1.98. The van der Waals surface area contributed by atoms with Crippen LogP contribution in [0.1, 0.15) is 129 Å². The van der Waals surface area contributed by atoms with Crippen molar-refractivity contribution in [2.75, 3.05) is 16.5 Å². The first kappa shape index (κ1) is 43.1. The summed E-state index contributed by atoms with van der Waals surface area (Å²) in [6, 6.07) is 54.8. The van der Waals surface area contributed by atoms with Crippen LogP contribution in [-0.2, 0) is 27.1 Å². The summed E-state index contributed by atoms with van der Waals surface area (Å²) in [5.41, 5.74) is 15.9. The van der Waals surface area contributed by atoms with Crippen LogP contribution in [0.5, 0.6) is 0 Å². The molecular formula is C60H66N4. The Morgan fingerprint density at radius 3 is 1.55 bits per heavy atom. The third-order valence-electron chi connectivity index (χ3n) is 14.1. The number of anilines is 4. The zero-order chi connectivity index (χ0) is 45.6. The largest absolute Gasteiger partial charge is 0.321 e. The Bertz CT molecular complexity index is 3000. The molecule has 0 spiro atoms. The van der Waals surface area contributed by atoms with Crippen molar-refractivity contribution in [3.63, 3.8) is 0 Å². The van der Waals surface area contributed by atoms with Gasteiger partial charge >= 0.3 is 0 Å². The summed E-state index contributed by atoms with van der Waals surface area (Å²) >= 11 is 0. The van der Waals surface area contributed by atoms with Gasteiger partial charge in [-0.25, -0.2) is 4.98 Å². The Morgan fingerprint density at radius 2 is 0.906 bits per heavy atom. The van der Waals surface area contributed by atoms with Gasteiger partial charge < -0.3 is 9.80 Å². The van der Waals surface area contributed by atoms with Crippen LogP contribution in [0.15, 0.2) is 152 Å². The van der Waals surface area contributed by atoms with E-state index in [9.17, 15) is 0 Å². The van der Waals surface area contributed by atoms with Gasteiger partial charge in [0.2, 0.25) is 0 Å². The van der Waals surface area contributed by atoms with E-state index in [0.717, 1.165) is 12.5 Å². The molecule has 0 bridgehead atoms. The van der Waals surface area contributed by atoms with Gasteiger partial charge in [-0.2, -0.15) is 0 Å². The fourth-order valence-corrected chi connectivity index (χ4v) is 9.59. The second-order valence-corrected chi connectivity index (χ2v) is 22.4. The van der Waals surface area contributed by atoms with Crippen LogP contribution in [0.3, 0.4) is 0 Å². The molecule has 0 atom stereocenters. The molecule has 0 aliphatic carbocycles. The first-order chi connectivity index (χ1) is 30.1. The van der Waals surface area contributed by atoms with E-state index in [2.05, 4.69) is 250 Å². The molecule has 6 aromatic carbocycles. The molecule has 0 fully saturated rings. The molecule has 0 saturated carbocycles. The van der Waals surface area contributed by atoms with Crippen molar-refractivity contribution >= 4 is 44.6 Å². The molecule has 0 N–H and O–H groups in total. The molecule has 0 saturated heterocycles. The van der Waals surface area contributed by atoms with Crippen LogP contribution in [-0.4, -0.2) is 16.2 Å². The third-order valence-corrected chi connectivity index (χ3v) is 14.1. The van der Waals surface area contributed by atoms with Crippen LogP contribution in [0.25, 0.3) is 27.6 Å². The summed E-state index contributed by atoms with van der Waals surface area (Å²) in [7, 11) is 0. The average Bonchev–Trinajstić information content (AvgIpc) is 3.82. The summed E-state index contributed by atoms with van der Waals surface area (Å²) in [4.78, 5) is 10.1. The lowest BCUT2D eigenvalue weighted by molar-refractivity contribution is 0.568. The van der Waals surface area contributed by atoms with E-state index >= 15 is 0 Å². The smallest absolute Gasteiger partial charge is 0.137 e. The Labute approximate surface area is 382 Å². The molecule has 4 heteroatoms. The van der Waals surface area contributed by atoms with Gasteiger partial charge in [0.25, 0.3) is 0 Å². The highest BCUT2D eigenvalue weighted by Crippen LogP contribution is 2.47. The number of fused-ring (bicyclic) bond motifs is 4. The molecule has 0 amide bonds. The number of benzene rings is 6. The standard InChI is InChI=1S/C60H66N4/c1-56(2,3)41-27-29-51-50(36-41)49-28-26-43(37-54(49)64(51)55-38-44(30-31-61-55)59(10,11)40-20-15-14-16-21-40)60(12,13)42-22-19-23-47(33-42)62-39-63(53-25-18-17-24-52(53)62)48-34-45(57(4,5)6)32-46(35-48)58(7,8)9/h14-38H,39H2,1-13H3. The minimum atomic E-state index is -0.311. The molecule has 3 heterocycles. The van der Waals surface area contributed by atoms with Crippen molar-refractivity contribution in [2.24, 2.45) is 0 Å². The lowest BCUT2D eigenvalue weighted by atomic mass is 9.77. The maximum Gasteiger partial charge on any atom is 0.137 e. The predicted octanol–water partition coefficient (Wildman–Crippen LogP) is 16.0. The summed E-state index contributed by atoms with van der Waals surface area (Å²) in [5, 5.41) is 2.49. The highest BCUT2D eigenvalue weighted by molar-refractivity contribution is 6.09. The Balaban J connectivity index is 1.14. The van der Waals surface area contributed by atoms with Crippen LogP contribution in [0, 0.1) is 0 Å². The van der Waals surface area contributed by atoms with Crippen LogP contribution in [0.4, 0.5) is 22.7 Å². The number of hydrogen-bond donors (Lipinski definition) is 0. The number of nitrogens with zero attached hydrogens (tertiary/aromatic N) is 4. The van der Waals surface area contributed by atoms with E-state index in [-0.39, 0.29) is 27.1 Å². The molecule has 2 aromatic heterocycles.